The van der Waals surface area contributed by atoms with Crippen LogP contribution in [0.5, 0.6) is 0 Å². The third-order valence-electron chi connectivity index (χ3n) is 2.84. The summed E-state index contributed by atoms with van der Waals surface area (Å²) < 4.78 is 12.9. The van der Waals surface area contributed by atoms with Crippen molar-refractivity contribution < 1.29 is 4.39 Å². The van der Waals surface area contributed by atoms with Crippen molar-refractivity contribution in [1.29, 1.82) is 0 Å². The van der Waals surface area contributed by atoms with Gasteiger partial charge in [0.25, 0.3) is 0 Å². The summed E-state index contributed by atoms with van der Waals surface area (Å²) in [6.07, 6.45) is 4.38. The Hall–Kier alpha value is -1.74. The van der Waals surface area contributed by atoms with Crippen LogP contribution in [0.15, 0.2) is 48.8 Å². The second-order valence-corrected chi connectivity index (χ2v) is 3.96. The van der Waals surface area contributed by atoms with Crippen LogP contribution >= 0.6 is 0 Å². The lowest BCUT2D eigenvalue weighted by Crippen LogP contribution is -2.09. The van der Waals surface area contributed by atoms with Crippen molar-refractivity contribution in [3.63, 3.8) is 0 Å². The van der Waals surface area contributed by atoms with Crippen molar-refractivity contribution in [3.8, 4) is 0 Å². The zero-order chi connectivity index (χ0) is 12.1. The average molecular weight is 230 g/mol. The SMILES string of the molecule is NCCC(c1ccncc1)c1ccc(F)cc1. The zero-order valence-corrected chi connectivity index (χ0v) is 9.51. The van der Waals surface area contributed by atoms with Gasteiger partial charge in [-0.3, -0.25) is 4.98 Å². The van der Waals surface area contributed by atoms with Crippen molar-refractivity contribution in [1.82, 2.24) is 4.98 Å². The van der Waals surface area contributed by atoms with Crippen LogP contribution in [0.25, 0.3) is 0 Å². The minimum absolute atomic E-state index is 0.212. The Morgan fingerprint density at radius 1 is 1.00 bits per heavy atom. The fourth-order valence-electron chi connectivity index (χ4n) is 1.98. The molecule has 0 saturated carbocycles. The first-order chi connectivity index (χ1) is 8.31. The molecule has 17 heavy (non-hydrogen) atoms. The first-order valence-corrected chi connectivity index (χ1v) is 5.66. The molecule has 1 aromatic heterocycles. The highest BCUT2D eigenvalue weighted by atomic mass is 19.1. The highest BCUT2D eigenvalue weighted by Gasteiger charge is 2.12. The number of nitrogens with zero attached hydrogens (tertiary/aromatic N) is 1. The third kappa shape index (κ3) is 2.88. The molecular weight excluding hydrogens is 215 g/mol. The molecule has 0 aliphatic carbocycles. The van der Waals surface area contributed by atoms with E-state index in [9.17, 15) is 4.39 Å². The molecule has 0 spiro atoms. The van der Waals surface area contributed by atoms with Gasteiger partial charge in [0.2, 0.25) is 0 Å². The summed E-state index contributed by atoms with van der Waals surface area (Å²) in [5.41, 5.74) is 7.89. The van der Waals surface area contributed by atoms with Gasteiger partial charge in [0, 0.05) is 18.3 Å². The number of pyridine rings is 1. The number of rotatable bonds is 4. The molecule has 1 unspecified atom stereocenters. The number of halogens is 1. The van der Waals surface area contributed by atoms with Crippen molar-refractivity contribution in [2.24, 2.45) is 5.73 Å². The summed E-state index contributed by atoms with van der Waals surface area (Å²) in [5, 5.41) is 0. The average Bonchev–Trinajstić information content (AvgIpc) is 2.38. The van der Waals surface area contributed by atoms with Crippen LogP contribution in [0.3, 0.4) is 0 Å². The van der Waals surface area contributed by atoms with Crippen LogP contribution in [-0.4, -0.2) is 11.5 Å². The molecule has 3 heteroatoms. The lowest BCUT2D eigenvalue weighted by molar-refractivity contribution is 0.625. The highest BCUT2D eigenvalue weighted by molar-refractivity contribution is 5.31. The van der Waals surface area contributed by atoms with Crippen LogP contribution < -0.4 is 5.73 Å². The van der Waals surface area contributed by atoms with E-state index < -0.39 is 0 Å². The van der Waals surface area contributed by atoms with Gasteiger partial charge in [-0.25, -0.2) is 4.39 Å². The number of nitrogens with two attached hydrogens (primary N) is 1. The van der Waals surface area contributed by atoms with Crippen LogP contribution in [0.4, 0.5) is 4.39 Å². The lowest BCUT2D eigenvalue weighted by atomic mass is 9.89. The minimum Gasteiger partial charge on any atom is -0.330 e. The maximum absolute atomic E-state index is 12.9. The zero-order valence-electron chi connectivity index (χ0n) is 9.51. The standard InChI is InChI=1S/C14H15FN2/c15-13-3-1-11(2-4-13)14(5-8-16)12-6-9-17-10-7-12/h1-4,6-7,9-10,14H,5,8,16H2. The molecule has 2 aromatic rings. The molecule has 1 aromatic carbocycles. The highest BCUT2D eigenvalue weighted by Crippen LogP contribution is 2.27. The van der Waals surface area contributed by atoms with E-state index >= 15 is 0 Å². The topological polar surface area (TPSA) is 38.9 Å². The van der Waals surface area contributed by atoms with Gasteiger partial charge in [-0.15, -0.1) is 0 Å². The Morgan fingerprint density at radius 3 is 2.18 bits per heavy atom. The lowest BCUT2D eigenvalue weighted by Gasteiger charge is -2.16. The summed E-state index contributed by atoms with van der Waals surface area (Å²) in [7, 11) is 0. The van der Waals surface area contributed by atoms with Crippen LogP contribution in [-0.2, 0) is 0 Å². The van der Waals surface area contributed by atoms with Gasteiger partial charge in [-0.05, 0) is 48.4 Å². The molecular formula is C14H15FN2. The van der Waals surface area contributed by atoms with E-state index in [0.29, 0.717) is 6.54 Å². The molecule has 2 N–H and O–H groups in total. The molecule has 0 aliphatic heterocycles. The Morgan fingerprint density at radius 2 is 1.59 bits per heavy atom. The van der Waals surface area contributed by atoms with E-state index in [1.807, 2.05) is 24.3 Å². The third-order valence-corrected chi connectivity index (χ3v) is 2.84. The Labute approximate surface area is 100 Å². The number of aromatic nitrogens is 1. The molecule has 1 heterocycles. The Bertz CT molecular complexity index is 453. The van der Waals surface area contributed by atoms with Gasteiger partial charge in [0.05, 0.1) is 0 Å². The Balaban J connectivity index is 2.32. The first kappa shape index (κ1) is 11.7. The number of hydrogen-bond acceptors (Lipinski definition) is 2. The summed E-state index contributed by atoms with van der Waals surface area (Å²) in [5.74, 6) is -0.00132. The molecule has 0 aliphatic rings. The molecule has 88 valence electrons. The van der Waals surface area contributed by atoms with E-state index in [4.69, 9.17) is 5.73 Å². The van der Waals surface area contributed by atoms with Crippen LogP contribution in [0, 0.1) is 5.82 Å². The van der Waals surface area contributed by atoms with Crippen molar-refractivity contribution in [2.75, 3.05) is 6.54 Å². The van der Waals surface area contributed by atoms with Gasteiger partial charge in [0.1, 0.15) is 5.82 Å². The van der Waals surface area contributed by atoms with Crippen molar-refractivity contribution >= 4 is 0 Å². The van der Waals surface area contributed by atoms with Gasteiger partial charge in [-0.2, -0.15) is 0 Å². The summed E-state index contributed by atoms with van der Waals surface area (Å²) in [6, 6.07) is 10.6. The molecule has 0 saturated heterocycles. The van der Waals surface area contributed by atoms with E-state index in [2.05, 4.69) is 4.98 Å². The Kier molecular flexibility index (Phi) is 3.83. The molecule has 1 atom stereocenters. The molecule has 2 nitrogen and oxygen atoms in total. The second kappa shape index (κ2) is 5.55. The van der Waals surface area contributed by atoms with Crippen molar-refractivity contribution in [3.05, 3.63) is 65.7 Å². The van der Waals surface area contributed by atoms with E-state index in [0.717, 1.165) is 17.5 Å². The predicted octanol–water partition coefficient (Wildman–Crippen LogP) is 2.70. The van der Waals surface area contributed by atoms with Crippen LogP contribution in [0.1, 0.15) is 23.5 Å². The number of hydrogen-bond donors (Lipinski definition) is 1. The maximum atomic E-state index is 12.9. The largest absolute Gasteiger partial charge is 0.330 e. The maximum Gasteiger partial charge on any atom is 0.123 e. The van der Waals surface area contributed by atoms with Gasteiger partial charge >= 0.3 is 0 Å². The molecule has 0 amide bonds. The summed E-state index contributed by atoms with van der Waals surface area (Å²) in [4.78, 5) is 4.00. The smallest absolute Gasteiger partial charge is 0.123 e. The van der Waals surface area contributed by atoms with Gasteiger partial charge < -0.3 is 5.73 Å². The van der Waals surface area contributed by atoms with E-state index in [-0.39, 0.29) is 11.7 Å². The predicted molar refractivity (Wildman–Crippen MR) is 66.2 cm³/mol. The van der Waals surface area contributed by atoms with Crippen LogP contribution in [0.2, 0.25) is 0 Å². The normalized spacial score (nSPS) is 12.4. The molecule has 2 rings (SSSR count). The fraction of sp³-hybridized carbons (Fsp3) is 0.214. The quantitative estimate of drug-likeness (QED) is 0.877. The second-order valence-electron chi connectivity index (χ2n) is 3.96. The molecule has 0 fully saturated rings. The van der Waals surface area contributed by atoms with Gasteiger partial charge in [0.15, 0.2) is 0 Å². The minimum atomic E-state index is -0.213. The molecule has 0 radical (unpaired) electrons. The fourth-order valence-corrected chi connectivity index (χ4v) is 1.98. The summed E-state index contributed by atoms with van der Waals surface area (Å²) in [6.45, 7) is 0.602. The van der Waals surface area contributed by atoms with Crippen molar-refractivity contribution in [2.45, 2.75) is 12.3 Å². The monoisotopic (exact) mass is 230 g/mol. The van der Waals surface area contributed by atoms with E-state index in [1.54, 1.807) is 12.4 Å². The number of benzene rings is 1. The van der Waals surface area contributed by atoms with Gasteiger partial charge in [-0.1, -0.05) is 12.1 Å². The first-order valence-electron chi connectivity index (χ1n) is 5.66. The molecule has 0 bridgehead atoms. The summed E-state index contributed by atoms with van der Waals surface area (Å²) >= 11 is 0. The van der Waals surface area contributed by atoms with E-state index in [1.165, 1.54) is 12.1 Å².